The van der Waals surface area contributed by atoms with Gasteiger partial charge < -0.3 is 0 Å². The first-order valence-corrected chi connectivity index (χ1v) is 12.0. The lowest BCUT2D eigenvalue weighted by Gasteiger charge is -2.22. The molecule has 0 radical (unpaired) electrons. The van der Waals surface area contributed by atoms with Gasteiger partial charge in [0.05, 0.1) is 11.4 Å². The van der Waals surface area contributed by atoms with E-state index in [1.807, 2.05) is 25.1 Å². The van der Waals surface area contributed by atoms with E-state index in [4.69, 9.17) is 9.98 Å². The predicted molar refractivity (Wildman–Crippen MR) is 147 cm³/mol. The molecule has 0 aliphatic heterocycles. The van der Waals surface area contributed by atoms with Crippen LogP contribution in [-0.4, -0.2) is 10.7 Å². The summed E-state index contributed by atoms with van der Waals surface area (Å²) in [4.78, 5) is 10.1. The van der Waals surface area contributed by atoms with Crippen molar-refractivity contribution in [2.45, 2.75) is 19.9 Å². The summed E-state index contributed by atoms with van der Waals surface area (Å²) < 4.78 is 0. The second-order valence-electron chi connectivity index (χ2n) is 8.69. The standard InChI is InChI=1S/C33H28N2/c1-24-14-13-23-32(34-24)25(2)35-33(30-21-11-9-19-28(30)26-15-5-3-6-16-26)31-22-12-10-20-29(31)27-17-7-4-8-18-27/h3-23,33H,1-2H3. The van der Waals surface area contributed by atoms with Crippen LogP contribution in [0.5, 0.6) is 0 Å². The van der Waals surface area contributed by atoms with Crippen LogP contribution in [0.3, 0.4) is 0 Å². The van der Waals surface area contributed by atoms with Crippen molar-refractivity contribution in [3.8, 4) is 22.3 Å². The van der Waals surface area contributed by atoms with Gasteiger partial charge in [-0.1, -0.05) is 115 Å². The molecule has 0 atom stereocenters. The molecule has 0 bridgehead atoms. The van der Waals surface area contributed by atoms with Crippen molar-refractivity contribution in [2.75, 3.05) is 0 Å². The maximum Gasteiger partial charge on any atom is 0.102 e. The molecule has 2 heteroatoms. The number of hydrogen-bond donors (Lipinski definition) is 0. The highest BCUT2D eigenvalue weighted by molar-refractivity contribution is 5.97. The summed E-state index contributed by atoms with van der Waals surface area (Å²) in [6.45, 7) is 4.08. The molecule has 170 valence electrons. The van der Waals surface area contributed by atoms with E-state index in [9.17, 15) is 0 Å². The number of benzene rings is 4. The van der Waals surface area contributed by atoms with Crippen molar-refractivity contribution in [1.29, 1.82) is 0 Å². The highest BCUT2D eigenvalue weighted by Crippen LogP contribution is 2.39. The average molecular weight is 453 g/mol. The van der Waals surface area contributed by atoms with Gasteiger partial charge in [-0.25, -0.2) is 0 Å². The van der Waals surface area contributed by atoms with Crippen LogP contribution in [0.25, 0.3) is 22.3 Å². The minimum absolute atomic E-state index is 0.190. The fourth-order valence-electron chi connectivity index (χ4n) is 4.54. The zero-order valence-corrected chi connectivity index (χ0v) is 20.1. The Morgan fingerprint density at radius 1 is 0.571 bits per heavy atom. The van der Waals surface area contributed by atoms with Crippen molar-refractivity contribution in [1.82, 2.24) is 4.98 Å². The summed E-state index contributed by atoms with van der Waals surface area (Å²) in [6.07, 6.45) is 0. The molecule has 0 spiro atoms. The van der Waals surface area contributed by atoms with Gasteiger partial charge in [-0.05, 0) is 59.4 Å². The molecule has 0 unspecified atom stereocenters. The summed E-state index contributed by atoms with van der Waals surface area (Å²) >= 11 is 0. The second-order valence-corrected chi connectivity index (χ2v) is 8.69. The fraction of sp³-hybridized carbons (Fsp3) is 0.0909. The molecule has 0 saturated carbocycles. The van der Waals surface area contributed by atoms with Gasteiger partial charge in [-0.15, -0.1) is 0 Å². The van der Waals surface area contributed by atoms with E-state index in [1.54, 1.807) is 0 Å². The lowest BCUT2D eigenvalue weighted by Crippen LogP contribution is -2.08. The van der Waals surface area contributed by atoms with Gasteiger partial charge in [0, 0.05) is 5.69 Å². The number of pyridine rings is 1. The maximum absolute atomic E-state index is 5.35. The highest BCUT2D eigenvalue weighted by atomic mass is 14.8. The van der Waals surface area contributed by atoms with Crippen molar-refractivity contribution >= 4 is 5.71 Å². The van der Waals surface area contributed by atoms with Crippen LogP contribution >= 0.6 is 0 Å². The Morgan fingerprint density at radius 3 is 1.57 bits per heavy atom. The third-order valence-electron chi connectivity index (χ3n) is 6.26. The largest absolute Gasteiger partial charge is 0.275 e. The van der Waals surface area contributed by atoms with Gasteiger partial charge in [-0.3, -0.25) is 9.98 Å². The first-order chi connectivity index (χ1) is 17.2. The van der Waals surface area contributed by atoms with E-state index in [1.165, 1.54) is 33.4 Å². The Kier molecular flexibility index (Phi) is 6.63. The molecule has 1 aromatic heterocycles. The van der Waals surface area contributed by atoms with Crippen molar-refractivity contribution in [3.05, 3.63) is 150 Å². The van der Waals surface area contributed by atoms with Gasteiger partial charge in [0.2, 0.25) is 0 Å². The molecule has 0 N–H and O–H groups in total. The van der Waals surface area contributed by atoms with E-state index >= 15 is 0 Å². The van der Waals surface area contributed by atoms with E-state index in [0.29, 0.717) is 0 Å². The Morgan fingerprint density at radius 2 is 1.06 bits per heavy atom. The molecule has 0 amide bonds. The lowest BCUT2D eigenvalue weighted by molar-refractivity contribution is 0.874. The fourth-order valence-corrected chi connectivity index (χ4v) is 4.54. The van der Waals surface area contributed by atoms with Crippen LogP contribution in [0.2, 0.25) is 0 Å². The van der Waals surface area contributed by atoms with Crippen LogP contribution in [0.4, 0.5) is 0 Å². The molecule has 5 aromatic rings. The van der Waals surface area contributed by atoms with Gasteiger partial charge >= 0.3 is 0 Å². The smallest absolute Gasteiger partial charge is 0.102 e. The van der Waals surface area contributed by atoms with E-state index in [2.05, 4.69) is 116 Å². The maximum atomic E-state index is 5.35. The number of aromatic nitrogens is 1. The lowest BCUT2D eigenvalue weighted by atomic mass is 9.87. The van der Waals surface area contributed by atoms with Crippen molar-refractivity contribution in [2.24, 2.45) is 4.99 Å². The molecular formula is C33H28N2. The third-order valence-corrected chi connectivity index (χ3v) is 6.26. The van der Waals surface area contributed by atoms with Gasteiger partial charge in [0.15, 0.2) is 0 Å². The molecule has 5 rings (SSSR count). The Labute approximate surface area is 207 Å². The molecule has 4 aromatic carbocycles. The van der Waals surface area contributed by atoms with Crippen LogP contribution in [0.1, 0.15) is 35.5 Å². The minimum atomic E-state index is -0.190. The zero-order chi connectivity index (χ0) is 24.0. The van der Waals surface area contributed by atoms with Gasteiger partial charge in [-0.2, -0.15) is 0 Å². The highest BCUT2D eigenvalue weighted by Gasteiger charge is 2.21. The number of hydrogen-bond acceptors (Lipinski definition) is 2. The topological polar surface area (TPSA) is 25.2 Å². The Hall–Kier alpha value is -4.30. The van der Waals surface area contributed by atoms with E-state index < -0.39 is 0 Å². The molecule has 0 fully saturated rings. The van der Waals surface area contributed by atoms with Crippen molar-refractivity contribution < 1.29 is 0 Å². The quantitative estimate of drug-likeness (QED) is 0.238. The van der Waals surface area contributed by atoms with Crippen LogP contribution in [-0.2, 0) is 0 Å². The number of nitrogens with zero attached hydrogens (tertiary/aromatic N) is 2. The first kappa shape index (κ1) is 22.5. The molecule has 2 nitrogen and oxygen atoms in total. The number of rotatable bonds is 6. The van der Waals surface area contributed by atoms with E-state index in [0.717, 1.165) is 17.1 Å². The van der Waals surface area contributed by atoms with Crippen LogP contribution < -0.4 is 0 Å². The van der Waals surface area contributed by atoms with Crippen LogP contribution in [0.15, 0.2) is 132 Å². The van der Waals surface area contributed by atoms with Gasteiger partial charge in [0.1, 0.15) is 6.04 Å². The first-order valence-electron chi connectivity index (χ1n) is 12.0. The predicted octanol–water partition coefficient (Wildman–Crippen LogP) is 8.32. The Balaban J connectivity index is 1.74. The molecule has 0 aliphatic carbocycles. The summed E-state index contributed by atoms with van der Waals surface area (Å²) in [5.74, 6) is 0. The third kappa shape index (κ3) is 4.97. The molecule has 0 aliphatic rings. The zero-order valence-electron chi connectivity index (χ0n) is 20.1. The second kappa shape index (κ2) is 10.3. The molecular weight excluding hydrogens is 424 g/mol. The van der Waals surface area contributed by atoms with Crippen molar-refractivity contribution in [3.63, 3.8) is 0 Å². The molecule has 35 heavy (non-hydrogen) atoms. The summed E-state index contributed by atoms with van der Waals surface area (Å²) in [7, 11) is 0. The van der Waals surface area contributed by atoms with Gasteiger partial charge in [0.25, 0.3) is 0 Å². The summed E-state index contributed by atoms with van der Waals surface area (Å²) in [5, 5.41) is 0. The molecule has 1 heterocycles. The minimum Gasteiger partial charge on any atom is -0.275 e. The Bertz CT molecular complexity index is 1370. The number of aryl methyl sites for hydroxylation is 1. The van der Waals surface area contributed by atoms with E-state index in [-0.39, 0.29) is 6.04 Å². The average Bonchev–Trinajstić information content (AvgIpc) is 2.93. The molecule has 0 saturated heterocycles. The monoisotopic (exact) mass is 452 g/mol. The normalized spacial score (nSPS) is 11.6. The number of aliphatic imine (C=N–C) groups is 1. The SMILES string of the molecule is CC(=NC(c1ccccc1-c1ccccc1)c1ccccc1-c1ccccc1)c1cccc(C)n1. The summed E-state index contributed by atoms with van der Waals surface area (Å²) in [5.41, 5.74) is 9.92. The summed E-state index contributed by atoms with van der Waals surface area (Å²) in [6, 6.07) is 44.2. The van der Waals surface area contributed by atoms with Crippen LogP contribution in [0, 0.1) is 6.92 Å².